The van der Waals surface area contributed by atoms with Crippen LogP contribution in [0.2, 0.25) is 0 Å². The second-order valence-corrected chi connectivity index (χ2v) is 2.73. The molecule has 0 spiro atoms. The lowest BCUT2D eigenvalue weighted by molar-refractivity contribution is -0.109. The van der Waals surface area contributed by atoms with Crippen LogP contribution in [0, 0.1) is 11.8 Å². The summed E-state index contributed by atoms with van der Waals surface area (Å²) >= 11 is 5.69. The number of halogens is 1. The Morgan fingerprint density at radius 2 is 2.38 bits per heavy atom. The average Bonchev–Trinajstić information content (AvgIpc) is 2.40. The largest absolute Gasteiger partial charge is 0.303 e. The molecular formula is C6H9ClO. The Bertz CT molecular complexity index is 103. The van der Waals surface area contributed by atoms with Crippen LogP contribution in [0.4, 0.5) is 0 Å². The maximum Gasteiger partial charge on any atom is 0.124 e. The Morgan fingerprint density at radius 3 is 2.50 bits per heavy atom. The minimum Gasteiger partial charge on any atom is -0.303 e. The first-order valence-electron chi connectivity index (χ1n) is 2.90. The van der Waals surface area contributed by atoms with Crippen molar-refractivity contribution in [1.29, 1.82) is 0 Å². The summed E-state index contributed by atoms with van der Waals surface area (Å²) in [6, 6.07) is 0. The molecule has 0 aliphatic heterocycles. The lowest BCUT2D eigenvalue weighted by Crippen LogP contribution is -1.78. The first-order valence-corrected chi connectivity index (χ1v) is 3.34. The van der Waals surface area contributed by atoms with Gasteiger partial charge in [0.05, 0.1) is 0 Å². The number of aldehydes is 1. The Hall–Kier alpha value is -0.0400. The zero-order chi connectivity index (χ0) is 6.15. The van der Waals surface area contributed by atoms with E-state index in [0.717, 1.165) is 12.7 Å². The van der Waals surface area contributed by atoms with E-state index in [4.69, 9.17) is 11.6 Å². The van der Waals surface area contributed by atoms with E-state index in [1.165, 1.54) is 0 Å². The number of hydrogen-bond donors (Lipinski definition) is 0. The number of carbonyl (C=O) groups is 1. The van der Waals surface area contributed by atoms with Gasteiger partial charge in [0.25, 0.3) is 0 Å². The van der Waals surface area contributed by atoms with Gasteiger partial charge >= 0.3 is 0 Å². The highest BCUT2D eigenvalue weighted by atomic mass is 35.5. The maximum atomic E-state index is 10.1. The van der Waals surface area contributed by atoms with E-state index in [-0.39, 0.29) is 11.3 Å². The van der Waals surface area contributed by atoms with Crippen LogP contribution >= 0.6 is 11.6 Å². The van der Waals surface area contributed by atoms with Crippen molar-refractivity contribution in [2.24, 2.45) is 11.8 Å². The fourth-order valence-electron chi connectivity index (χ4n) is 1.03. The van der Waals surface area contributed by atoms with Gasteiger partial charge in [-0.25, -0.2) is 0 Å². The monoisotopic (exact) mass is 132 g/mol. The molecule has 0 unspecified atom stereocenters. The molecule has 1 saturated carbocycles. The molecule has 8 heavy (non-hydrogen) atoms. The second-order valence-electron chi connectivity index (χ2n) is 2.23. The third kappa shape index (κ3) is 0.752. The first-order chi connectivity index (χ1) is 3.81. The van der Waals surface area contributed by atoms with E-state index < -0.39 is 0 Å². The van der Waals surface area contributed by atoms with Gasteiger partial charge in [-0.2, -0.15) is 0 Å². The summed E-state index contributed by atoms with van der Waals surface area (Å²) in [5.41, 5.74) is 0. The highest BCUT2D eigenvalue weighted by Gasteiger charge is 2.47. The summed E-state index contributed by atoms with van der Waals surface area (Å²) in [6.45, 7) is 2.06. The molecule has 0 aromatic rings. The molecule has 0 radical (unpaired) electrons. The SMILES string of the molecule is CC[C@@H]1[C@@H](Cl)[C@H]1C=O. The van der Waals surface area contributed by atoms with Crippen molar-refractivity contribution in [2.75, 3.05) is 0 Å². The molecule has 0 aromatic heterocycles. The van der Waals surface area contributed by atoms with Crippen molar-refractivity contribution < 1.29 is 4.79 Å². The van der Waals surface area contributed by atoms with Gasteiger partial charge in [-0.1, -0.05) is 13.3 Å². The quantitative estimate of drug-likeness (QED) is 0.411. The Labute approximate surface area is 54.0 Å². The number of carbonyl (C=O) groups excluding carboxylic acids is 1. The summed E-state index contributed by atoms with van der Waals surface area (Å²) in [5.74, 6) is 0.649. The van der Waals surface area contributed by atoms with Gasteiger partial charge in [0, 0.05) is 11.3 Å². The molecule has 1 aliphatic rings. The van der Waals surface area contributed by atoms with Gasteiger partial charge < -0.3 is 4.79 Å². The molecule has 1 aliphatic carbocycles. The highest BCUT2D eigenvalue weighted by molar-refractivity contribution is 6.24. The molecule has 46 valence electrons. The highest BCUT2D eigenvalue weighted by Crippen LogP contribution is 2.44. The molecule has 0 heterocycles. The third-order valence-corrected chi connectivity index (χ3v) is 2.37. The summed E-state index contributed by atoms with van der Waals surface area (Å²) < 4.78 is 0. The van der Waals surface area contributed by atoms with Crippen LogP contribution in [0.15, 0.2) is 0 Å². The van der Waals surface area contributed by atoms with E-state index in [9.17, 15) is 4.79 Å². The molecule has 2 heteroatoms. The maximum absolute atomic E-state index is 10.1. The third-order valence-electron chi connectivity index (χ3n) is 1.76. The number of alkyl halides is 1. The predicted molar refractivity (Wildman–Crippen MR) is 33.0 cm³/mol. The number of hydrogen-bond acceptors (Lipinski definition) is 1. The topological polar surface area (TPSA) is 17.1 Å². The van der Waals surface area contributed by atoms with Crippen LogP contribution in [0.25, 0.3) is 0 Å². The fraction of sp³-hybridized carbons (Fsp3) is 0.833. The lowest BCUT2D eigenvalue weighted by Gasteiger charge is -1.79. The Kier molecular flexibility index (Phi) is 1.57. The molecule has 1 fully saturated rings. The van der Waals surface area contributed by atoms with Crippen LogP contribution in [-0.2, 0) is 4.79 Å². The van der Waals surface area contributed by atoms with Crippen LogP contribution < -0.4 is 0 Å². The van der Waals surface area contributed by atoms with E-state index in [2.05, 4.69) is 6.92 Å². The zero-order valence-corrected chi connectivity index (χ0v) is 5.56. The van der Waals surface area contributed by atoms with Crippen LogP contribution in [0.1, 0.15) is 13.3 Å². The lowest BCUT2D eigenvalue weighted by atomic mass is 10.3. The second kappa shape index (κ2) is 2.06. The van der Waals surface area contributed by atoms with Crippen molar-refractivity contribution >= 4 is 17.9 Å². The van der Waals surface area contributed by atoms with Crippen molar-refractivity contribution in [3.63, 3.8) is 0 Å². The van der Waals surface area contributed by atoms with Gasteiger partial charge in [-0.05, 0) is 5.92 Å². The van der Waals surface area contributed by atoms with E-state index in [1.807, 2.05) is 0 Å². The smallest absolute Gasteiger partial charge is 0.124 e. The van der Waals surface area contributed by atoms with Crippen molar-refractivity contribution in [3.8, 4) is 0 Å². The van der Waals surface area contributed by atoms with Gasteiger partial charge in [-0.15, -0.1) is 11.6 Å². The van der Waals surface area contributed by atoms with Crippen molar-refractivity contribution in [1.82, 2.24) is 0 Å². The minimum absolute atomic E-state index is 0.150. The molecule has 0 saturated heterocycles. The molecule has 1 rings (SSSR count). The van der Waals surface area contributed by atoms with Crippen LogP contribution in [0.3, 0.4) is 0 Å². The van der Waals surface area contributed by atoms with E-state index >= 15 is 0 Å². The van der Waals surface area contributed by atoms with Gasteiger partial charge in [-0.3, -0.25) is 0 Å². The zero-order valence-electron chi connectivity index (χ0n) is 4.80. The molecule has 3 atom stereocenters. The summed E-state index contributed by atoms with van der Waals surface area (Å²) in [5, 5.41) is 0.150. The molecule has 0 N–H and O–H groups in total. The molecule has 0 bridgehead atoms. The molecule has 0 amide bonds. The van der Waals surface area contributed by atoms with Crippen molar-refractivity contribution in [3.05, 3.63) is 0 Å². The summed E-state index contributed by atoms with van der Waals surface area (Å²) in [4.78, 5) is 10.1. The summed E-state index contributed by atoms with van der Waals surface area (Å²) in [7, 11) is 0. The summed E-state index contributed by atoms with van der Waals surface area (Å²) in [6.07, 6.45) is 2.00. The molecular weight excluding hydrogens is 124 g/mol. The molecule has 1 nitrogen and oxygen atoms in total. The van der Waals surface area contributed by atoms with E-state index in [1.54, 1.807) is 0 Å². The van der Waals surface area contributed by atoms with Gasteiger partial charge in [0.2, 0.25) is 0 Å². The van der Waals surface area contributed by atoms with E-state index in [0.29, 0.717) is 5.92 Å². The Balaban J connectivity index is 2.33. The van der Waals surface area contributed by atoms with Gasteiger partial charge in [0.1, 0.15) is 6.29 Å². The standard InChI is InChI=1S/C6H9ClO/c1-2-4-5(3-8)6(4)7/h3-6H,2H2,1H3/t4-,5-,6+/m0/s1. The van der Waals surface area contributed by atoms with Crippen LogP contribution in [0.5, 0.6) is 0 Å². The average molecular weight is 133 g/mol. The van der Waals surface area contributed by atoms with Crippen molar-refractivity contribution in [2.45, 2.75) is 18.7 Å². The fourth-order valence-corrected chi connectivity index (χ4v) is 1.54. The van der Waals surface area contributed by atoms with Gasteiger partial charge in [0.15, 0.2) is 0 Å². The number of rotatable bonds is 2. The normalized spacial score (nSPS) is 44.0. The first kappa shape index (κ1) is 6.09. The minimum atomic E-state index is 0.150. The van der Waals surface area contributed by atoms with Crippen LogP contribution in [-0.4, -0.2) is 11.7 Å². The molecule has 0 aromatic carbocycles. The predicted octanol–water partition coefficient (Wildman–Crippen LogP) is 1.45. The Morgan fingerprint density at radius 1 is 1.75 bits per heavy atom.